The SMILES string of the molecule is O=C(CN1CCC(Cc2cc(Nc3cnccn3)ncn2)CC1)Nc1ccccc1F. The van der Waals surface area contributed by atoms with Crippen LogP contribution in [0.4, 0.5) is 21.7 Å². The van der Waals surface area contributed by atoms with E-state index in [1.165, 1.54) is 6.07 Å². The normalized spacial score (nSPS) is 14.9. The summed E-state index contributed by atoms with van der Waals surface area (Å²) in [6.45, 7) is 1.91. The van der Waals surface area contributed by atoms with E-state index in [0.29, 0.717) is 17.6 Å². The van der Waals surface area contributed by atoms with Gasteiger partial charge in [0.2, 0.25) is 5.91 Å². The van der Waals surface area contributed by atoms with Gasteiger partial charge < -0.3 is 10.6 Å². The molecule has 0 spiro atoms. The maximum Gasteiger partial charge on any atom is 0.238 e. The van der Waals surface area contributed by atoms with Gasteiger partial charge in [-0.15, -0.1) is 0 Å². The molecule has 0 saturated carbocycles. The van der Waals surface area contributed by atoms with Crippen LogP contribution in [0.3, 0.4) is 0 Å². The minimum absolute atomic E-state index is 0.195. The summed E-state index contributed by atoms with van der Waals surface area (Å²) in [5.74, 6) is 1.19. The van der Waals surface area contributed by atoms with Gasteiger partial charge in [0.05, 0.1) is 18.4 Å². The summed E-state index contributed by atoms with van der Waals surface area (Å²) in [6, 6.07) is 8.13. The van der Waals surface area contributed by atoms with Gasteiger partial charge in [-0.3, -0.25) is 14.7 Å². The summed E-state index contributed by atoms with van der Waals surface area (Å²) in [6.07, 6.45) is 9.23. The molecule has 1 fully saturated rings. The molecular formula is C22H24FN7O. The van der Waals surface area contributed by atoms with Crippen molar-refractivity contribution < 1.29 is 9.18 Å². The van der Waals surface area contributed by atoms with Gasteiger partial charge in [-0.2, -0.15) is 0 Å². The van der Waals surface area contributed by atoms with Crippen molar-refractivity contribution in [2.75, 3.05) is 30.3 Å². The van der Waals surface area contributed by atoms with Gasteiger partial charge in [0.15, 0.2) is 0 Å². The Morgan fingerprint density at radius 1 is 1.10 bits per heavy atom. The van der Waals surface area contributed by atoms with Gasteiger partial charge in [-0.1, -0.05) is 12.1 Å². The zero-order valence-electron chi connectivity index (χ0n) is 17.0. The first-order chi connectivity index (χ1) is 15.2. The molecule has 4 rings (SSSR count). The number of halogens is 1. The van der Waals surface area contributed by atoms with Crippen molar-refractivity contribution in [1.29, 1.82) is 0 Å². The van der Waals surface area contributed by atoms with Gasteiger partial charge in [-0.05, 0) is 50.4 Å². The molecule has 1 saturated heterocycles. The van der Waals surface area contributed by atoms with Crippen molar-refractivity contribution in [3.8, 4) is 0 Å². The van der Waals surface area contributed by atoms with E-state index in [9.17, 15) is 9.18 Å². The number of benzene rings is 1. The average Bonchev–Trinajstić information content (AvgIpc) is 2.78. The molecule has 160 valence electrons. The molecule has 3 aromatic rings. The van der Waals surface area contributed by atoms with Gasteiger partial charge in [0.25, 0.3) is 0 Å². The number of nitrogens with zero attached hydrogens (tertiary/aromatic N) is 5. The highest BCUT2D eigenvalue weighted by atomic mass is 19.1. The van der Waals surface area contributed by atoms with Crippen molar-refractivity contribution in [2.24, 2.45) is 5.92 Å². The number of anilines is 3. The molecule has 2 aromatic heterocycles. The van der Waals surface area contributed by atoms with Crippen LogP contribution in [0.15, 0.2) is 55.2 Å². The first-order valence-corrected chi connectivity index (χ1v) is 10.3. The fraction of sp³-hybridized carbons (Fsp3) is 0.318. The number of carbonyl (C=O) groups is 1. The highest BCUT2D eigenvalue weighted by Crippen LogP contribution is 2.22. The van der Waals surface area contributed by atoms with Crippen LogP contribution in [0, 0.1) is 11.7 Å². The molecule has 1 amide bonds. The molecule has 0 bridgehead atoms. The minimum Gasteiger partial charge on any atom is -0.324 e. The first-order valence-electron chi connectivity index (χ1n) is 10.3. The maximum atomic E-state index is 13.7. The number of para-hydroxylation sites is 1. The van der Waals surface area contributed by atoms with Crippen LogP contribution in [0.2, 0.25) is 0 Å². The molecule has 1 aliphatic rings. The van der Waals surface area contributed by atoms with Gasteiger partial charge in [0.1, 0.15) is 23.8 Å². The number of likely N-dealkylation sites (tertiary alicyclic amines) is 1. The molecule has 31 heavy (non-hydrogen) atoms. The van der Waals surface area contributed by atoms with Crippen LogP contribution in [0.25, 0.3) is 0 Å². The third-order valence-corrected chi connectivity index (χ3v) is 5.26. The number of carbonyl (C=O) groups excluding carboxylic acids is 1. The predicted molar refractivity (Wildman–Crippen MR) is 115 cm³/mol. The number of nitrogens with one attached hydrogen (secondary N) is 2. The second kappa shape index (κ2) is 10.0. The quantitative estimate of drug-likeness (QED) is 0.605. The van der Waals surface area contributed by atoms with Crippen LogP contribution in [-0.4, -0.2) is 50.4 Å². The number of rotatable bonds is 7. The zero-order chi connectivity index (χ0) is 21.5. The molecule has 0 atom stereocenters. The average molecular weight is 421 g/mol. The summed E-state index contributed by atoms with van der Waals surface area (Å²) >= 11 is 0. The van der Waals surface area contributed by atoms with Gasteiger partial charge in [0, 0.05) is 24.2 Å². The second-order valence-electron chi connectivity index (χ2n) is 7.56. The van der Waals surface area contributed by atoms with Crippen molar-refractivity contribution >= 4 is 23.2 Å². The van der Waals surface area contributed by atoms with E-state index >= 15 is 0 Å². The van der Waals surface area contributed by atoms with Crippen molar-refractivity contribution in [3.05, 3.63) is 66.8 Å². The van der Waals surface area contributed by atoms with Crippen molar-refractivity contribution in [1.82, 2.24) is 24.8 Å². The molecule has 1 aliphatic heterocycles. The van der Waals surface area contributed by atoms with Crippen LogP contribution in [-0.2, 0) is 11.2 Å². The number of aromatic nitrogens is 4. The van der Waals surface area contributed by atoms with Crippen LogP contribution >= 0.6 is 0 Å². The Morgan fingerprint density at radius 2 is 1.94 bits per heavy atom. The van der Waals surface area contributed by atoms with Crippen LogP contribution in [0.1, 0.15) is 18.5 Å². The molecule has 0 unspecified atom stereocenters. The molecule has 8 nitrogen and oxygen atoms in total. The Hall–Kier alpha value is -3.46. The summed E-state index contributed by atoms with van der Waals surface area (Å²) in [4.78, 5) is 31.2. The fourth-order valence-corrected chi connectivity index (χ4v) is 3.67. The van der Waals surface area contributed by atoms with E-state index in [0.717, 1.165) is 38.0 Å². The Morgan fingerprint density at radius 3 is 2.71 bits per heavy atom. The summed E-state index contributed by atoms with van der Waals surface area (Å²) < 4.78 is 13.7. The predicted octanol–water partition coefficient (Wildman–Crippen LogP) is 3.04. The molecule has 0 radical (unpaired) electrons. The third-order valence-electron chi connectivity index (χ3n) is 5.26. The molecule has 3 heterocycles. The van der Waals surface area contributed by atoms with E-state index < -0.39 is 5.82 Å². The summed E-state index contributed by atoms with van der Waals surface area (Å²) in [7, 11) is 0. The van der Waals surface area contributed by atoms with Crippen LogP contribution < -0.4 is 10.6 Å². The lowest BCUT2D eigenvalue weighted by Gasteiger charge is -2.31. The molecule has 1 aromatic carbocycles. The van der Waals surface area contributed by atoms with E-state index in [2.05, 4.69) is 35.5 Å². The van der Waals surface area contributed by atoms with E-state index in [-0.39, 0.29) is 18.1 Å². The maximum absolute atomic E-state index is 13.7. The molecule has 0 aliphatic carbocycles. The fourth-order valence-electron chi connectivity index (χ4n) is 3.67. The molecular weight excluding hydrogens is 397 g/mol. The Bertz CT molecular complexity index is 1010. The summed E-state index contributed by atoms with van der Waals surface area (Å²) in [5.41, 5.74) is 1.19. The van der Waals surface area contributed by atoms with Gasteiger partial charge >= 0.3 is 0 Å². The lowest BCUT2D eigenvalue weighted by atomic mass is 9.92. The smallest absolute Gasteiger partial charge is 0.238 e. The van der Waals surface area contributed by atoms with Gasteiger partial charge in [-0.25, -0.2) is 19.3 Å². The highest BCUT2D eigenvalue weighted by Gasteiger charge is 2.22. The number of hydrogen-bond donors (Lipinski definition) is 2. The molecule has 9 heteroatoms. The zero-order valence-corrected chi connectivity index (χ0v) is 17.0. The van der Waals surface area contributed by atoms with E-state index in [1.807, 2.05) is 6.07 Å². The Labute approximate surface area is 180 Å². The topological polar surface area (TPSA) is 95.9 Å². The minimum atomic E-state index is -0.424. The van der Waals surface area contributed by atoms with E-state index in [4.69, 9.17) is 0 Å². The standard InChI is InChI=1S/C22H24FN7O/c23-18-3-1-2-4-19(18)28-22(31)14-30-9-5-16(6-10-30)11-17-12-20(27-15-26-17)29-21-13-24-7-8-25-21/h1-4,7-8,12-13,15-16H,5-6,9-11,14H2,(H,28,31)(H,25,26,27,29). The Balaban J connectivity index is 1.24. The second-order valence-corrected chi connectivity index (χ2v) is 7.56. The lowest BCUT2D eigenvalue weighted by Crippen LogP contribution is -2.39. The van der Waals surface area contributed by atoms with E-state index in [1.54, 1.807) is 43.1 Å². The largest absolute Gasteiger partial charge is 0.324 e. The Kier molecular flexibility index (Phi) is 6.73. The first kappa shape index (κ1) is 20.8. The monoisotopic (exact) mass is 421 g/mol. The number of piperidine rings is 1. The highest BCUT2D eigenvalue weighted by molar-refractivity contribution is 5.92. The van der Waals surface area contributed by atoms with Crippen molar-refractivity contribution in [2.45, 2.75) is 19.3 Å². The summed E-state index contributed by atoms with van der Waals surface area (Å²) in [5, 5.41) is 5.78. The van der Waals surface area contributed by atoms with Crippen molar-refractivity contribution in [3.63, 3.8) is 0 Å². The lowest BCUT2D eigenvalue weighted by molar-refractivity contribution is -0.117. The number of hydrogen-bond acceptors (Lipinski definition) is 7. The molecule has 2 N–H and O–H groups in total. The number of amides is 1. The van der Waals surface area contributed by atoms with Crippen LogP contribution in [0.5, 0.6) is 0 Å². The third kappa shape index (κ3) is 6.02.